The third-order valence-corrected chi connectivity index (χ3v) is 2.70. The van der Waals surface area contributed by atoms with Gasteiger partial charge >= 0.3 is 0 Å². The number of rotatable bonds is 1. The number of ether oxygens (including phenoxy) is 3. The van der Waals surface area contributed by atoms with Crippen LogP contribution in [0.2, 0.25) is 0 Å². The van der Waals surface area contributed by atoms with Crippen molar-refractivity contribution in [2.75, 3.05) is 19.8 Å². The molecule has 3 aliphatic rings. The van der Waals surface area contributed by atoms with Crippen molar-refractivity contribution in [1.82, 2.24) is 0 Å². The molecule has 0 aromatic heterocycles. The highest BCUT2D eigenvalue weighted by Gasteiger charge is 2.46. The van der Waals surface area contributed by atoms with Gasteiger partial charge in [0.1, 0.15) is 24.4 Å². The standard InChI is InChI=1S/C9H16O6.CH4/c10-4-5-8-6(11)7(12)9(15-5)14-3-1-2-13-8;/h5-12H,1-4H2;1H4. The van der Waals surface area contributed by atoms with Crippen LogP contribution in [0.25, 0.3) is 0 Å². The van der Waals surface area contributed by atoms with E-state index in [2.05, 4.69) is 0 Å². The summed E-state index contributed by atoms with van der Waals surface area (Å²) in [5.74, 6) is 0. The monoisotopic (exact) mass is 236 g/mol. The highest BCUT2D eigenvalue weighted by molar-refractivity contribution is 4.90. The molecule has 3 rings (SSSR count). The van der Waals surface area contributed by atoms with Crippen LogP contribution in [0.3, 0.4) is 0 Å². The predicted octanol–water partition coefficient (Wildman–Crippen LogP) is -1.13. The maximum atomic E-state index is 9.75. The number of fused-ring (bicyclic) bond motifs is 6. The fourth-order valence-electron chi connectivity index (χ4n) is 1.87. The summed E-state index contributed by atoms with van der Waals surface area (Å²) in [5, 5.41) is 28.5. The smallest absolute Gasteiger partial charge is 0.186 e. The van der Waals surface area contributed by atoms with Crippen LogP contribution < -0.4 is 0 Å². The van der Waals surface area contributed by atoms with Crippen molar-refractivity contribution in [3.8, 4) is 0 Å². The Balaban J connectivity index is 0.00000128. The molecule has 0 saturated carbocycles. The number of hydrogen-bond acceptors (Lipinski definition) is 6. The second kappa shape index (κ2) is 5.90. The average Bonchev–Trinajstić information content (AvgIpc) is 2.38. The molecule has 6 nitrogen and oxygen atoms in total. The lowest BCUT2D eigenvalue weighted by atomic mass is 9.99. The quantitative estimate of drug-likeness (QED) is 0.534. The minimum absolute atomic E-state index is 0. The van der Waals surface area contributed by atoms with Crippen molar-refractivity contribution in [1.29, 1.82) is 0 Å². The van der Waals surface area contributed by atoms with Crippen LogP contribution in [0.1, 0.15) is 13.8 Å². The Kier molecular flexibility index (Phi) is 5.10. The van der Waals surface area contributed by atoms with Gasteiger partial charge in [0.25, 0.3) is 0 Å². The molecular weight excluding hydrogens is 216 g/mol. The van der Waals surface area contributed by atoms with Gasteiger partial charge in [0.15, 0.2) is 6.29 Å². The maximum Gasteiger partial charge on any atom is 0.186 e. The first-order valence-corrected chi connectivity index (χ1v) is 5.09. The fraction of sp³-hybridized carbons (Fsp3) is 1.00. The summed E-state index contributed by atoms with van der Waals surface area (Å²) in [7, 11) is 0. The van der Waals surface area contributed by atoms with Crippen molar-refractivity contribution < 1.29 is 29.5 Å². The lowest BCUT2D eigenvalue weighted by Crippen LogP contribution is -2.59. The van der Waals surface area contributed by atoms with E-state index >= 15 is 0 Å². The molecule has 3 heterocycles. The molecule has 0 radical (unpaired) electrons. The van der Waals surface area contributed by atoms with E-state index in [-0.39, 0.29) is 14.0 Å². The van der Waals surface area contributed by atoms with Gasteiger partial charge < -0.3 is 29.5 Å². The van der Waals surface area contributed by atoms with Gasteiger partial charge in [-0.25, -0.2) is 0 Å². The van der Waals surface area contributed by atoms with Crippen LogP contribution in [-0.2, 0) is 14.2 Å². The Morgan fingerprint density at radius 2 is 1.75 bits per heavy atom. The first kappa shape index (κ1) is 13.8. The Bertz CT molecular complexity index is 207. The Morgan fingerprint density at radius 1 is 1.06 bits per heavy atom. The Hall–Kier alpha value is -0.240. The lowest BCUT2D eigenvalue weighted by Gasteiger charge is -2.40. The molecule has 5 atom stereocenters. The van der Waals surface area contributed by atoms with E-state index in [4.69, 9.17) is 19.3 Å². The average molecular weight is 236 g/mol. The zero-order valence-corrected chi connectivity index (χ0v) is 8.28. The normalized spacial score (nSPS) is 44.1. The molecule has 0 aliphatic carbocycles. The molecule has 3 N–H and O–H groups in total. The second-order valence-corrected chi connectivity index (χ2v) is 3.77. The van der Waals surface area contributed by atoms with Crippen molar-refractivity contribution >= 4 is 0 Å². The van der Waals surface area contributed by atoms with Crippen LogP contribution in [0.4, 0.5) is 0 Å². The van der Waals surface area contributed by atoms with Crippen LogP contribution in [0, 0.1) is 0 Å². The molecule has 2 bridgehead atoms. The first-order chi connectivity index (χ1) is 7.24. The van der Waals surface area contributed by atoms with Gasteiger partial charge in [0.05, 0.1) is 13.2 Å². The number of hydrogen-bond donors (Lipinski definition) is 3. The van der Waals surface area contributed by atoms with E-state index in [9.17, 15) is 10.2 Å². The van der Waals surface area contributed by atoms with Gasteiger partial charge in [0.2, 0.25) is 0 Å². The summed E-state index contributed by atoms with van der Waals surface area (Å²) in [6, 6.07) is 0. The van der Waals surface area contributed by atoms with Crippen LogP contribution in [-0.4, -0.2) is 65.8 Å². The molecule has 3 fully saturated rings. The summed E-state index contributed by atoms with van der Waals surface area (Å²) < 4.78 is 15.9. The summed E-state index contributed by atoms with van der Waals surface area (Å²) >= 11 is 0. The van der Waals surface area contributed by atoms with Gasteiger partial charge in [-0.05, 0) is 6.42 Å². The summed E-state index contributed by atoms with van der Waals surface area (Å²) in [5.41, 5.74) is 0. The largest absolute Gasteiger partial charge is 0.394 e. The third kappa shape index (κ3) is 2.53. The summed E-state index contributed by atoms with van der Waals surface area (Å²) in [6.45, 7) is 0.550. The minimum Gasteiger partial charge on any atom is -0.394 e. The van der Waals surface area contributed by atoms with Gasteiger partial charge in [-0.1, -0.05) is 7.43 Å². The summed E-state index contributed by atoms with van der Waals surface area (Å²) in [4.78, 5) is 0. The SMILES string of the molecule is C.OCC1OC2OCCCOC1C(O)C2O. The van der Waals surface area contributed by atoms with E-state index in [0.717, 1.165) is 0 Å². The van der Waals surface area contributed by atoms with E-state index in [1.165, 1.54) is 0 Å². The highest BCUT2D eigenvalue weighted by atomic mass is 16.7. The topological polar surface area (TPSA) is 88.4 Å². The molecule has 3 saturated heterocycles. The molecular formula is C10H20O6. The van der Waals surface area contributed by atoms with E-state index in [1.807, 2.05) is 0 Å². The molecule has 0 amide bonds. The summed E-state index contributed by atoms with van der Waals surface area (Å²) in [6.07, 6.45) is -3.76. The van der Waals surface area contributed by atoms with Gasteiger partial charge in [-0.3, -0.25) is 0 Å². The van der Waals surface area contributed by atoms with Crippen molar-refractivity contribution in [2.45, 2.75) is 44.6 Å². The third-order valence-electron chi connectivity index (χ3n) is 2.70. The van der Waals surface area contributed by atoms with Gasteiger partial charge in [-0.2, -0.15) is 0 Å². The molecule has 3 aliphatic heterocycles. The van der Waals surface area contributed by atoms with Crippen molar-refractivity contribution in [3.63, 3.8) is 0 Å². The zero-order valence-electron chi connectivity index (χ0n) is 8.28. The molecule has 0 spiro atoms. The van der Waals surface area contributed by atoms with E-state index in [1.54, 1.807) is 0 Å². The van der Waals surface area contributed by atoms with Crippen LogP contribution in [0.15, 0.2) is 0 Å². The molecule has 0 aromatic carbocycles. The number of aliphatic hydroxyl groups excluding tert-OH is 3. The van der Waals surface area contributed by atoms with E-state index < -0.39 is 30.7 Å². The molecule has 5 unspecified atom stereocenters. The number of aliphatic hydroxyl groups is 3. The minimum atomic E-state index is -1.13. The van der Waals surface area contributed by atoms with Gasteiger partial charge in [-0.15, -0.1) is 0 Å². The molecule has 96 valence electrons. The first-order valence-electron chi connectivity index (χ1n) is 5.09. The van der Waals surface area contributed by atoms with Crippen molar-refractivity contribution in [2.24, 2.45) is 0 Å². The maximum absolute atomic E-state index is 9.75. The molecule has 16 heavy (non-hydrogen) atoms. The van der Waals surface area contributed by atoms with Gasteiger partial charge in [0, 0.05) is 6.61 Å². The zero-order chi connectivity index (χ0) is 10.8. The highest BCUT2D eigenvalue weighted by Crippen LogP contribution is 2.25. The fourth-order valence-corrected chi connectivity index (χ4v) is 1.87. The van der Waals surface area contributed by atoms with Crippen molar-refractivity contribution in [3.05, 3.63) is 0 Å². The predicted molar refractivity (Wildman–Crippen MR) is 54.8 cm³/mol. The Morgan fingerprint density at radius 3 is 2.44 bits per heavy atom. The lowest BCUT2D eigenvalue weighted by molar-refractivity contribution is -0.298. The van der Waals surface area contributed by atoms with Crippen LogP contribution >= 0.6 is 0 Å². The second-order valence-electron chi connectivity index (χ2n) is 3.77. The van der Waals surface area contributed by atoms with Crippen LogP contribution in [0.5, 0.6) is 0 Å². The molecule has 6 heteroatoms. The molecule has 0 aromatic rings. The van der Waals surface area contributed by atoms with E-state index in [0.29, 0.717) is 19.6 Å². The Labute approximate surface area is 94.7 Å².